The molecule has 0 aromatic carbocycles. The summed E-state index contributed by atoms with van der Waals surface area (Å²) in [7, 11) is 0. The van der Waals surface area contributed by atoms with Crippen molar-refractivity contribution in [2.45, 2.75) is 58.7 Å². The molecule has 3 heterocycles. The fraction of sp³-hybridized carbons (Fsp3) is 0.706. The van der Waals surface area contributed by atoms with Gasteiger partial charge in [-0.1, -0.05) is 20.8 Å². The van der Waals surface area contributed by atoms with Gasteiger partial charge >= 0.3 is 0 Å². The zero-order valence-corrected chi connectivity index (χ0v) is 15.2. The Kier molecular flexibility index (Phi) is 4.73. The number of oxazole rings is 1. The van der Waals surface area contributed by atoms with Gasteiger partial charge in [-0.15, -0.1) is 10.2 Å². The molecule has 0 radical (unpaired) electrons. The SMILES string of the molecule is CCn1cnnc1[C@H]1CN([C@H](C)c2ncc(C(C)(C)C)o2)CCO1. The van der Waals surface area contributed by atoms with Gasteiger partial charge in [-0.3, -0.25) is 4.90 Å². The quantitative estimate of drug-likeness (QED) is 0.857. The molecule has 7 nitrogen and oxygen atoms in total. The van der Waals surface area contributed by atoms with Crippen LogP contribution in [-0.4, -0.2) is 44.3 Å². The van der Waals surface area contributed by atoms with Crippen LogP contribution in [0.25, 0.3) is 0 Å². The summed E-state index contributed by atoms with van der Waals surface area (Å²) >= 11 is 0. The number of aromatic nitrogens is 4. The lowest BCUT2D eigenvalue weighted by Crippen LogP contribution is -2.40. The predicted molar refractivity (Wildman–Crippen MR) is 89.6 cm³/mol. The van der Waals surface area contributed by atoms with Crippen molar-refractivity contribution in [3.8, 4) is 0 Å². The number of hydrogen-bond acceptors (Lipinski definition) is 6. The van der Waals surface area contributed by atoms with Crippen molar-refractivity contribution in [1.29, 1.82) is 0 Å². The molecule has 0 N–H and O–H groups in total. The fourth-order valence-corrected chi connectivity index (χ4v) is 2.92. The molecule has 0 bridgehead atoms. The molecule has 132 valence electrons. The van der Waals surface area contributed by atoms with E-state index in [4.69, 9.17) is 9.15 Å². The highest BCUT2D eigenvalue weighted by Gasteiger charge is 2.31. The van der Waals surface area contributed by atoms with Crippen molar-refractivity contribution in [2.24, 2.45) is 0 Å². The van der Waals surface area contributed by atoms with E-state index < -0.39 is 0 Å². The molecule has 0 amide bonds. The molecule has 1 fully saturated rings. The third kappa shape index (κ3) is 3.37. The van der Waals surface area contributed by atoms with E-state index in [9.17, 15) is 0 Å². The maximum absolute atomic E-state index is 6.01. The van der Waals surface area contributed by atoms with Crippen molar-refractivity contribution in [1.82, 2.24) is 24.6 Å². The lowest BCUT2D eigenvalue weighted by Gasteiger charge is -2.35. The van der Waals surface area contributed by atoms with Crippen LogP contribution in [0.1, 0.15) is 64.2 Å². The van der Waals surface area contributed by atoms with E-state index in [1.54, 1.807) is 6.33 Å². The van der Waals surface area contributed by atoms with E-state index in [1.165, 1.54) is 0 Å². The van der Waals surface area contributed by atoms with Crippen LogP contribution in [0, 0.1) is 0 Å². The molecule has 2 atom stereocenters. The minimum atomic E-state index is -0.0688. The molecule has 0 aliphatic carbocycles. The lowest BCUT2D eigenvalue weighted by molar-refractivity contribution is -0.0519. The van der Waals surface area contributed by atoms with Gasteiger partial charge in [0.05, 0.1) is 18.8 Å². The second-order valence-corrected chi connectivity index (χ2v) is 7.32. The fourth-order valence-electron chi connectivity index (χ4n) is 2.92. The number of hydrogen-bond donors (Lipinski definition) is 0. The van der Waals surface area contributed by atoms with Gasteiger partial charge < -0.3 is 13.7 Å². The molecule has 2 aromatic heterocycles. The Morgan fingerprint density at radius 2 is 2.17 bits per heavy atom. The number of ether oxygens (including phenoxy) is 1. The summed E-state index contributed by atoms with van der Waals surface area (Å²) in [6.45, 7) is 13.7. The maximum Gasteiger partial charge on any atom is 0.211 e. The van der Waals surface area contributed by atoms with Crippen LogP contribution < -0.4 is 0 Å². The minimum absolute atomic E-state index is 0.0317. The number of morpholine rings is 1. The molecule has 24 heavy (non-hydrogen) atoms. The molecule has 7 heteroatoms. The van der Waals surface area contributed by atoms with Gasteiger partial charge in [-0.2, -0.15) is 0 Å². The summed E-state index contributed by atoms with van der Waals surface area (Å²) in [6.07, 6.45) is 3.53. The average Bonchev–Trinajstić information content (AvgIpc) is 3.22. The number of rotatable bonds is 4. The second kappa shape index (κ2) is 6.64. The monoisotopic (exact) mass is 333 g/mol. The molecule has 1 aliphatic heterocycles. The van der Waals surface area contributed by atoms with E-state index in [0.29, 0.717) is 6.61 Å². The molecule has 0 unspecified atom stereocenters. The van der Waals surface area contributed by atoms with Gasteiger partial charge in [0.15, 0.2) is 5.82 Å². The first kappa shape index (κ1) is 17.1. The smallest absolute Gasteiger partial charge is 0.211 e. The molecular formula is C17H27N5O2. The van der Waals surface area contributed by atoms with Crippen molar-refractivity contribution in [3.63, 3.8) is 0 Å². The summed E-state index contributed by atoms with van der Waals surface area (Å²) < 4.78 is 14.0. The summed E-state index contributed by atoms with van der Waals surface area (Å²) in [4.78, 5) is 6.83. The van der Waals surface area contributed by atoms with Crippen molar-refractivity contribution < 1.29 is 9.15 Å². The van der Waals surface area contributed by atoms with E-state index in [0.717, 1.165) is 37.1 Å². The number of nitrogens with zero attached hydrogens (tertiary/aromatic N) is 5. The first-order chi connectivity index (χ1) is 11.4. The lowest BCUT2D eigenvalue weighted by atomic mass is 9.94. The topological polar surface area (TPSA) is 69.2 Å². The average molecular weight is 333 g/mol. The van der Waals surface area contributed by atoms with E-state index in [2.05, 4.69) is 54.7 Å². The van der Waals surface area contributed by atoms with E-state index in [1.807, 2.05) is 10.8 Å². The van der Waals surface area contributed by atoms with Crippen LogP contribution in [-0.2, 0) is 16.7 Å². The highest BCUT2D eigenvalue weighted by molar-refractivity contribution is 5.08. The Labute approximate surface area is 143 Å². The Morgan fingerprint density at radius 3 is 2.83 bits per heavy atom. The van der Waals surface area contributed by atoms with Gasteiger partial charge in [0.1, 0.15) is 18.2 Å². The summed E-state index contributed by atoms with van der Waals surface area (Å²) in [5.74, 6) is 2.56. The summed E-state index contributed by atoms with van der Waals surface area (Å²) in [5, 5.41) is 8.25. The molecular weight excluding hydrogens is 306 g/mol. The van der Waals surface area contributed by atoms with Gasteiger partial charge in [0, 0.05) is 25.0 Å². The first-order valence-corrected chi connectivity index (χ1v) is 8.59. The summed E-state index contributed by atoms with van der Waals surface area (Å²) in [6, 6.07) is 0.102. The first-order valence-electron chi connectivity index (χ1n) is 8.59. The van der Waals surface area contributed by atoms with Crippen LogP contribution in [0.15, 0.2) is 16.9 Å². The summed E-state index contributed by atoms with van der Waals surface area (Å²) in [5.41, 5.74) is -0.0317. The van der Waals surface area contributed by atoms with E-state index >= 15 is 0 Å². The molecule has 2 aromatic rings. The Bertz CT molecular complexity index is 673. The largest absolute Gasteiger partial charge is 0.443 e. The molecule has 0 saturated carbocycles. The van der Waals surface area contributed by atoms with Gasteiger partial charge in [-0.05, 0) is 13.8 Å². The van der Waals surface area contributed by atoms with Crippen molar-refractivity contribution >= 4 is 0 Å². The van der Waals surface area contributed by atoms with E-state index in [-0.39, 0.29) is 17.6 Å². The van der Waals surface area contributed by atoms with Crippen LogP contribution in [0.4, 0.5) is 0 Å². The maximum atomic E-state index is 6.01. The van der Waals surface area contributed by atoms with Crippen LogP contribution in [0.2, 0.25) is 0 Å². The molecule has 1 saturated heterocycles. The van der Waals surface area contributed by atoms with Crippen molar-refractivity contribution in [3.05, 3.63) is 30.0 Å². The normalized spacial score (nSPS) is 21.1. The highest BCUT2D eigenvalue weighted by atomic mass is 16.5. The molecule has 1 aliphatic rings. The second-order valence-electron chi connectivity index (χ2n) is 7.32. The zero-order valence-electron chi connectivity index (χ0n) is 15.2. The predicted octanol–water partition coefficient (Wildman–Crippen LogP) is 2.72. The van der Waals surface area contributed by atoms with Crippen LogP contribution in [0.5, 0.6) is 0 Å². The Morgan fingerprint density at radius 1 is 1.38 bits per heavy atom. The van der Waals surface area contributed by atoms with Crippen molar-refractivity contribution in [2.75, 3.05) is 19.7 Å². The standard InChI is InChI=1S/C17H27N5O2/c1-6-21-11-19-20-15(21)13-10-22(7-8-23-13)12(2)16-18-9-14(24-16)17(3,4)5/h9,11-13H,6-8,10H2,1-5H3/t12-,13-/m1/s1. The Hall–Kier alpha value is -1.73. The Balaban J connectivity index is 1.73. The highest BCUT2D eigenvalue weighted by Crippen LogP contribution is 2.30. The number of aryl methyl sites for hydroxylation is 1. The van der Waals surface area contributed by atoms with Gasteiger partial charge in [-0.25, -0.2) is 4.98 Å². The zero-order chi connectivity index (χ0) is 17.3. The minimum Gasteiger partial charge on any atom is -0.443 e. The van der Waals surface area contributed by atoms with Gasteiger partial charge in [0.25, 0.3) is 0 Å². The van der Waals surface area contributed by atoms with Gasteiger partial charge in [0.2, 0.25) is 5.89 Å². The third-order valence-corrected chi connectivity index (χ3v) is 4.54. The molecule has 0 spiro atoms. The van der Waals surface area contributed by atoms with Crippen LogP contribution in [0.3, 0.4) is 0 Å². The molecule has 3 rings (SSSR count). The third-order valence-electron chi connectivity index (χ3n) is 4.54. The van der Waals surface area contributed by atoms with Crippen LogP contribution >= 0.6 is 0 Å².